The molecule has 2 aromatic carbocycles. The minimum absolute atomic E-state index is 0.244. The van der Waals surface area contributed by atoms with Gasteiger partial charge in [0.2, 0.25) is 0 Å². The minimum atomic E-state index is -1.43. The quantitative estimate of drug-likeness (QED) is 0.805. The van der Waals surface area contributed by atoms with Gasteiger partial charge in [-0.15, -0.1) is 0 Å². The molecule has 0 N–H and O–H groups in total. The van der Waals surface area contributed by atoms with Crippen molar-refractivity contribution in [1.29, 1.82) is 0 Å². The topological polar surface area (TPSA) is 34.1 Å². The van der Waals surface area contributed by atoms with Gasteiger partial charge in [0.15, 0.2) is 5.78 Å². The normalized spacial score (nSPS) is 13.7. The first-order valence-electron chi connectivity index (χ1n) is 6.68. The highest BCUT2D eigenvalue weighted by Gasteiger charge is 2.23. The van der Waals surface area contributed by atoms with E-state index in [2.05, 4.69) is 0 Å². The molecule has 2 atom stereocenters. The Morgan fingerprint density at radius 3 is 2.24 bits per heavy atom. The monoisotopic (exact) mass is 304 g/mol. The molecule has 0 fully saturated rings. The van der Waals surface area contributed by atoms with Crippen LogP contribution in [0.4, 0.5) is 4.39 Å². The molecule has 4 heteroatoms. The maximum absolute atomic E-state index is 12.9. The van der Waals surface area contributed by atoms with Gasteiger partial charge in [-0.2, -0.15) is 0 Å². The summed E-state index contributed by atoms with van der Waals surface area (Å²) in [6.45, 7) is 5.56. The molecular weight excluding hydrogens is 287 g/mol. The van der Waals surface area contributed by atoms with E-state index in [0.717, 1.165) is 11.1 Å². The molecule has 110 valence electrons. The van der Waals surface area contributed by atoms with Crippen LogP contribution >= 0.6 is 0 Å². The Hall–Kier alpha value is -1.81. The van der Waals surface area contributed by atoms with Crippen molar-refractivity contribution in [3.63, 3.8) is 0 Å². The van der Waals surface area contributed by atoms with Crippen LogP contribution in [0, 0.1) is 19.7 Å². The van der Waals surface area contributed by atoms with E-state index in [9.17, 15) is 13.4 Å². The van der Waals surface area contributed by atoms with Crippen LogP contribution in [0.15, 0.2) is 47.4 Å². The summed E-state index contributed by atoms with van der Waals surface area (Å²) in [7, 11) is -1.43. The zero-order valence-electron chi connectivity index (χ0n) is 12.2. The van der Waals surface area contributed by atoms with E-state index in [4.69, 9.17) is 0 Å². The van der Waals surface area contributed by atoms with Crippen LogP contribution in [0.1, 0.15) is 28.4 Å². The second-order valence-corrected chi connectivity index (χ2v) is 6.83. The molecule has 0 spiro atoms. The molecule has 2 nitrogen and oxygen atoms in total. The first-order valence-corrected chi connectivity index (χ1v) is 7.89. The SMILES string of the molecule is Cc1ccc(S(=O)C(C)C(=O)c2ccc(F)cc2)cc1C. The Balaban J connectivity index is 2.24. The lowest BCUT2D eigenvalue weighted by molar-refractivity contribution is 0.0992. The average Bonchev–Trinajstić information content (AvgIpc) is 2.48. The van der Waals surface area contributed by atoms with Gasteiger partial charge < -0.3 is 0 Å². The highest BCUT2D eigenvalue weighted by molar-refractivity contribution is 7.86. The fourth-order valence-corrected chi connectivity index (χ4v) is 3.22. The lowest BCUT2D eigenvalue weighted by Crippen LogP contribution is -2.23. The third kappa shape index (κ3) is 3.45. The molecule has 0 aliphatic heterocycles. The maximum Gasteiger partial charge on any atom is 0.178 e. The van der Waals surface area contributed by atoms with Crippen LogP contribution in [0.2, 0.25) is 0 Å². The zero-order valence-corrected chi connectivity index (χ0v) is 13.0. The largest absolute Gasteiger partial charge is 0.293 e. The van der Waals surface area contributed by atoms with Crippen LogP contribution < -0.4 is 0 Å². The van der Waals surface area contributed by atoms with Crippen molar-refractivity contribution in [2.75, 3.05) is 0 Å². The summed E-state index contributed by atoms with van der Waals surface area (Å²) in [4.78, 5) is 12.9. The van der Waals surface area contributed by atoms with Gasteiger partial charge in [-0.25, -0.2) is 4.39 Å². The molecule has 0 amide bonds. The van der Waals surface area contributed by atoms with E-state index in [-0.39, 0.29) is 5.78 Å². The summed E-state index contributed by atoms with van der Waals surface area (Å²) in [6.07, 6.45) is 0. The van der Waals surface area contributed by atoms with Crippen molar-refractivity contribution in [3.8, 4) is 0 Å². The van der Waals surface area contributed by atoms with E-state index >= 15 is 0 Å². The standard InChI is InChI=1S/C17H17FO2S/c1-11-4-9-16(10-12(11)2)21(20)13(3)17(19)14-5-7-15(18)8-6-14/h4-10,13H,1-3H3. The fourth-order valence-electron chi connectivity index (χ4n) is 1.99. The van der Waals surface area contributed by atoms with Crippen molar-refractivity contribution < 1.29 is 13.4 Å². The molecule has 0 saturated heterocycles. The van der Waals surface area contributed by atoms with Gasteiger partial charge in [-0.05, 0) is 68.3 Å². The minimum Gasteiger partial charge on any atom is -0.293 e. The number of carbonyl (C=O) groups excluding carboxylic acids is 1. The number of hydrogen-bond donors (Lipinski definition) is 0. The third-order valence-electron chi connectivity index (χ3n) is 3.53. The number of aryl methyl sites for hydroxylation is 2. The third-order valence-corrected chi connectivity index (χ3v) is 5.10. The van der Waals surface area contributed by atoms with Crippen molar-refractivity contribution >= 4 is 16.6 Å². The summed E-state index contributed by atoms with van der Waals surface area (Å²) in [5, 5.41) is -0.669. The molecule has 0 heterocycles. The van der Waals surface area contributed by atoms with Crippen LogP contribution in [0.3, 0.4) is 0 Å². The summed E-state index contributed by atoms with van der Waals surface area (Å²) in [5.74, 6) is -0.638. The Morgan fingerprint density at radius 1 is 1.05 bits per heavy atom. The van der Waals surface area contributed by atoms with E-state index in [1.165, 1.54) is 24.3 Å². The Morgan fingerprint density at radius 2 is 1.67 bits per heavy atom. The van der Waals surface area contributed by atoms with Crippen LogP contribution in [0.25, 0.3) is 0 Å². The predicted octanol–water partition coefficient (Wildman–Crippen LogP) is 3.82. The van der Waals surface area contributed by atoms with Crippen molar-refractivity contribution in [2.45, 2.75) is 30.9 Å². The lowest BCUT2D eigenvalue weighted by Gasteiger charge is -2.12. The van der Waals surface area contributed by atoms with E-state index in [1.807, 2.05) is 26.0 Å². The number of ketones is 1. The number of rotatable bonds is 4. The summed E-state index contributed by atoms with van der Waals surface area (Å²) >= 11 is 0. The second kappa shape index (κ2) is 6.31. The summed E-state index contributed by atoms with van der Waals surface area (Å²) < 4.78 is 25.4. The Kier molecular flexibility index (Phi) is 4.68. The van der Waals surface area contributed by atoms with Gasteiger partial charge in [-0.3, -0.25) is 9.00 Å². The first-order chi connectivity index (χ1) is 9.90. The predicted molar refractivity (Wildman–Crippen MR) is 82.5 cm³/mol. The lowest BCUT2D eigenvalue weighted by atomic mass is 10.1. The van der Waals surface area contributed by atoms with Crippen molar-refractivity contribution in [1.82, 2.24) is 0 Å². The average molecular weight is 304 g/mol. The van der Waals surface area contributed by atoms with Gasteiger partial charge in [0, 0.05) is 10.5 Å². The Labute approximate surface area is 126 Å². The summed E-state index contributed by atoms with van der Waals surface area (Å²) in [5.41, 5.74) is 2.54. The van der Waals surface area contributed by atoms with E-state index in [1.54, 1.807) is 13.0 Å². The van der Waals surface area contributed by atoms with Crippen LogP contribution in [0.5, 0.6) is 0 Å². The number of hydrogen-bond acceptors (Lipinski definition) is 2. The highest BCUT2D eigenvalue weighted by Crippen LogP contribution is 2.18. The van der Waals surface area contributed by atoms with E-state index in [0.29, 0.717) is 10.5 Å². The summed E-state index contributed by atoms with van der Waals surface area (Å²) in [6, 6.07) is 10.8. The molecule has 0 saturated carbocycles. The molecule has 2 unspecified atom stereocenters. The molecule has 21 heavy (non-hydrogen) atoms. The van der Waals surface area contributed by atoms with Gasteiger partial charge in [0.1, 0.15) is 5.82 Å². The number of halogens is 1. The number of benzene rings is 2. The highest BCUT2D eigenvalue weighted by atomic mass is 32.2. The van der Waals surface area contributed by atoms with Gasteiger partial charge in [0.05, 0.1) is 16.0 Å². The molecule has 0 bridgehead atoms. The number of Topliss-reactive ketones (excluding diaryl/α,β-unsaturated/α-hetero) is 1. The molecule has 2 rings (SSSR count). The van der Waals surface area contributed by atoms with Gasteiger partial charge in [-0.1, -0.05) is 6.07 Å². The first kappa shape index (κ1) is 15.6. The van der Waals surface area contributed by atoms with Crippen LogP contribution in [-0.2, 0) is 10.8 Å². The molecule has 0 aliphatic rings. The van der Waals surface area contributed by atoms with Crippen molar-refractivity contribution in [3.05, 3.63) is 65.0 Å². The van der Waals surface area contributed by atoms with Crippen LogP contribution in [-0.4, -0.2) is 15.2 Å². The fraction of sp³-hybridized carbons (Fsp3) is 0.235. The van der Waals surface area contributed by atoms with Gasteiger partial charge in [0.25, 0.3) is 0 Å². The molecule has 2 aromatic rings. The molecule has 0 radical (unpaired) electrons. The molecular formula is C17H17FO2S. The van der Waals surface area contributed by atoms with E-state index < -0.39 is 21.9 Å². The maximum atomic E-state index is 12.9. The molecule has 0 aromatic heterocycles. The van der Waals surface area contributed by atoms with Crippen molar-refractivity contribution in [2.24, 2.45) is 0 Å². The zero-order chi connectivity index (χ0) is 15.6. The number of carbonyl (C=O) groups is 1. The molecule has 0 aliphatic carbocycles. The Bertz CT molecular complexity index is 692. The van der Waals surface area contributed by atoms with Gasteiger partial charge >= 0.3 is 0 Å². The smallest absolute Gasteiger partial charge is 0.178 e. The second-order valence-electron chi connectivity index (χ2n) is 5.06.